The van der Waals surface area contributed by atoms with E-state index in [0.717, 1.165) is 25.1 Å². The van der Waals surface area contributed by atoms with Crippen LogP contribution in [0.2, 0.25) is 0 Å². The summed E-state index contributed by atoms with van der Waals surface area (Å²) in [6.45, 7) is 0.907. The molecule has 0 unspecified atom stereocenters. The Morgan fingerprint density at radius 1 is 1.17 bits per heavy atom. The van der Waals surface area contributed by atoms with Crippen LogP contribution >= 0.6 is 0 Å². The topological polar surface area (TPSA) is 106 Å². The minimum Gasteiger partial charge on any atom is -0.393 e. The SMILES string of the molecule is N#CCN(CC#N)c1ncnc(N2CCCc3ccccc32)c1N. The van der Waals surface area contributed by atoms with Crippen molar-refractivity contribution in [1.29, 1.82) is 10.5 Å². The maximum Gasteiger partial charge on any atom is 0.161 e. The molecule has 1 aliphatic heterocycles. The Bertz CT molecular complexity index is 802. The Kier molecular flexibility index (Phi) is 4.44. The largest absolute Gasteiger partial charge is 0.393 e. The maximum atomic E-state index is 8.97. The van der Waals surface area contributed by atoms with Crippen molar-refractivity contribution in [2.45, 2.75) is 12.8 Å². The van der Waals surface area contributed by atoms with Gasteiger partial charge in [0, 0.05) is 12.2 Å². The zero-order valence-electron chi connectivity index (χ0n) is 13.2. The lowest BCUT2D eigenvalue weighted by molar-refractivity contribution is 0.758. The molecule has 0 spiro atoms. The first-order valence-electron chi connectivity index (χ1n) is 7.71. The first kappa shape index (κ1) is 15.6. The molecule has 0 amide bonds. The minimum absolute atomic E-state index is 0.0464. The van der Waals surface area contributed by atoms with Crippen molar-refractivity contribution in [3.63, 3.8) is 0 Å². The molecule has 2 heterocycles. The molecule has 0 radical (unpaired) electrons. The van der Waals surface area contributed by atoms with E-state index in [0.29, 0.717) is 17.3 Å². The number of hydrogen-bond donors (Lipinski definition) is 1. The fourth-order valence-corrected chi connectivity index (χ4v) is 2.97. The van der Waals surface area contributed by atoms with Gasteiger partial charge in [-0.2, -0.15) is 10.5 Å². The second-order valence-electron chi connectivity index (χ2n) is 5.49. The smallest absolute Gasteiger partial charge is 0.161 e. The Morgan fingerprint density at radius 2 is 1.92 bits per heavy atom. The van der Waals surface area contributed by atoms with Crippen LogP contribution in [0.15, 0.2) is 30.6 Å². The summed E-state index contributed by atoms with van der Waals surface area (Å²) in [7, 11) is 0. The average molecular weight is 319 g/mol. The molecule has 120 valence electrons. The lowest BCUT2D eigenvalue weighted by Gasteiger charge is -2.32. The monoisotopic (exact) mass is 319 g/mol. The van der Waals surface area contributed by atoms with Gasteiger partial charge in [-0.1, -0.05) is 18.2 Å². The molecule has 1 aromatic carbocycles. The van der Waals surface area contributed by atoms with E-state index < -0.39 is 0 Å². The number of hydrogen-bond acceptors (Lipinski definition) is 7. The van der Waals surface area contributed by atoms with Crippen molar-refractivity contribution in [2.24, 2.45) is 0 Å². The third-order valence-corrected chi connectivity index (χ3v) is 4.03. The van der Waals surface area contributed by atoms with Crippen LogP contribution in [-0.2, 0) is 6.42 Å². The number of para-hydroxylation sites is 1. The van der Waals surface area contributed by atoms with E-state index in [9.17, 15) is 0 Å². The molecule has 0 saturated carbocycles. The molecule has 2 N–H and O–H groups in total. The highest BCUT2D eigenvalue weighted by molar-refractivity contribution is 5.81. The van der Waals surface area contributed by atoms with Crippen LogP contribution < -0.4 is 15.5 Å². The normalized spacial score (nSPS) is 12.8. The van der Waals surface area contributed by atoms with Crippen molar-refractivity contribution < 1.29 is 0 Å². The van der Waals surface area contributed by atoms with Gasteiger partial charge in [-0.05, 0) is 24.5 Å². The predicted molar refractivity (Wildman–Crippen MR) is 91.7 cm³/mol. The summed E-state index contributed by atoms with van der Waals surface area (Å²) in [5.41, 5.74) is 9.04. The van der Waals surface area contributed by atoms with Gasteiger partial charge in [-0.15, -0.1) is 0 Å². The van der Waals surface area contributed by atoms with Crippen LogP contribution in [0.1, 0.15) is 12.0 Å². The molecule has 0 aliphatic carbocycles. The number of nitrogens with zero attached hydrogens (tertiary/aromatic N) is 6. The number of nitrogens with two attached hydrogens (primary N) is 1. The highest BCUT2D eigenvalue weighted by atomic mass is 15.3. The Balaban J connectivity index is 2.04. The zero-order valence-corrected chi connectivity index (χ0v) is 13.2. The van der Waals surface area contributed by atoms with E-state index in [1.807, 2.05) is 24.3 Å². The molecule has 1 aromatic heterocycles. The van der Waals surface area contributed by atoms with Crippen LogP contribution in [0, 0.1) is 22.7 Å². The fourth-order valence-electron chi connectivity index (χ4n) is 2.97. The number of anilines is 4. The van der Waals surface area contributed by atoms with Gasteiger partial charge in [0.1, 0.15) is 25.1 Å². The standard InChI is InChI=1S/C17H17N7/c18-7-10-23(11-8-19)16-15(20)17(22-12-21-16)24-9-3-5-13-4-1-2-6-14(13)24/h1-2,4,6,12H,3,5,9-11,20H2. The third kappa shape index (κ3) is 2.80. The third-order valence-electron chi connectivity index (χ3n) is 4.03. The number of rotatable bonds is 4. The van der Waals surface area contributed by atoms with Crippen LogP contribution in [0.3, 0.4) is 0 Å². The number of nitrogen functional groups attached to an aromatic ring is 1. The van der Waals surface area contributed by atoms with E-state index in [2.05, 4.69) is 27.0 Å². The van der Waals surface area contributed by atoms with E-state index in [1.165, 1.54) is 11.9 Å². The first-order valence-corrected chi connectivity index (χ1v) is 7.71. The van der Waals surface area contributed by atoms with Crippen molar-refractivity contribution in [2.75, 3.05) is 35.2 Å². The molecule has 0 atom stereocenters. The summed E-state index contributed by atoms with van der Waals surface area (Å²) in [5.74, 6) is 1.04. The summed E-state index contributed by atoms with van der Waals surface area (Å²) in [6, 6.07) is 12.3. The molecule has 0 saturated heterocycles. The minimum atomic E-state index is 0.0464. The lowest BCUT2D eigenvalue weighted by Crippen LogP contribution is -2.29. The molecule has 1 aliphatic rings. The molecule has 7 nitrogen and oxygen atoms in total. The summed E-state index contributed by atoms with van der Waals surface area (Å²) in [5, 5.41) is 17.9. The van der Waals surface area contributed by atoms with E-state index in [4.69, 9.17) is 16.3 Å². The van der Waals surface area contributed by atoms with Gasteiger partial charge in [-0.25, -0.2) is 9.97 Å². The van der Waals surface area contributed by atoms with Crippen molar-refractivity contribution in [1.82, 2.24) is 9.97 Å². The fraction of sp³-hybridized carbons (Fsp3) is 0.294. The molecule has 2 aromatic rings. The first-order chi connectivity index (χ1) is 11.8. The molecule has 0 fully saturated rings. The van der Waals surface area contributed by atoms with E-state index in [1.54, 1.807) is 4.90 Å². The quantitative estimate of drug-likeness (QED) is 0.859. The number of benzene rings is 1. The molecule has 24 heavy (non-hydrogen) atoms. The molecule has 7 heteroatoms. The number of aromatic nitrogens is 2. The van der Waals surface area contributed by atoms with Crippen LogP contribution in [-0.4, -0.2) is 29.6 Å². The van der Waals surface area contributed by atoms with Gasteiger partial charge < -0.3 is 15.5 Å². The number of fused-ring (bicyclic) bond motifs is 1. The van der Waals surface area contributed by atoms with E-state index >= 15 is 0 Å². The van der Waals surface area contributed by atoms with Gasteiger partial charge in [-0.3, -0.25) is 0 Å². The summed E-state index contributed by atoms with van der Waals surface area (Å²) < 4.78 is 0. The predicted octanol–water partition coefficient (Wildman–Crippen LogP) is 2.00. The number of aryl methyl sites for hydroxylation is 1. The van der Waals surface area contributed by atoms with E-state index in [-0.39, 0.29) is 13.1 Å². The number of nitriles is 2. The molecular formula is C17H17N7. The zero-order chi connectivity index (χ0) is 16.9. The van der Waals surface area contributed by atoms with Gasteiger partial charge in [0.15, 0.2) is 11.6 Å². The Labute approximate surface area is 140 Å². The molecule has 0 bridgehead atoms. The summed E-state index contributed by atoms with van der Waals surface area (Å²) >= 11 is 0. The highest BCUT2D eigenvalue weighted by Crippen LogP contribution is 2.37. The summed E-state index contributed by atoms with van der Waals surface area (Å²) in [4.78, 5) is 12.2. The second-order valence-corrected chi connectivity index (χ2v) is 5.49. The lowest BCUT2D eigenvalue weighted by atomic mass is 10.0. The molecular weight excluding hydrogens is 302 g/mol. The summed E-state index contributed by atoms with van der Waals surface area (Å²) in [6.07, 6.45) is 3.47. The van der Waals surface area contributed by atoms with Gasteiger partial charge in [0.2, 0.25) is 0 Å². The van der Waals surface area contributed by atoms with Crippen molar-refractivity contribution in [3.8, 4) is 12.1 Å². The molecule has 3 rings (SSSR count). The van der Waals surface area contributed by atoms with Crippen LogP contribution in [0.25, 0.3) is 0 Å². The van der Waals surface area contributed by atoms with Crippen molar-refractivity contribution >= 4 is 23.0 Å². The maximum absolute atomic E-state index is 8.97. The van der Waals surface area contributed by atoms with Gasteiger partial charge >= 0.3 is 0 Å². The van der Waals surface area contributed by atoms with Gasteiger partial charge in [0.05, 0.1) is 12.1 Å². The average Bonchev–Trinajstić information content (AvgIpc) is 2.61. The Hall–Kier alpha value is -3.32. The Morgan fingerprint density at radius 3 is 2.67 bits per heavy atom. The van der Waals surface area contributed by atoms with Crippen LogP contribution in [0.5, 0.6) is 0 Å². The van der Waals surface area contributed by atoms with Crippen LogP contribution in [0.4, 0.5) is 23.0 Å². The van der Waals surface area contributed by atoms with Gasteiger partial charge in [0.25, 0.3) is 0 Å². The highest BCUT2D eigenvalue weighted by Gasteiger charge is 2.23. The second kappa shape index (κ2) is 6.84. The van der Waals surface area contributed by atoms with Crippen molar-refractivity contribution in [3.05, 3.63) is 36.2 Å².